The molecule has 4 rings (SSSR count). The van der Waals surface area contributed by atoms with Crippen LogP contribution < -0.4 is 10.1 Å². The molecule has 8 heteroatoms. The Morgan fingerprint density at radius 2 is 1.76 bits per heavy atom. The number of anilines is 1. The first-order chi connectivity index (χ1) is 16.5. The molecule has 0 aliphatic carbocycles. The summed E-state index contributed by atoms with van der Waals surface area (Å²) in [5, 5.41) is 12.2. The molecule has 2 aromatic carbocycles. The molecule has 0 radical (unpaired) electrons. The van der Waals surface area contributed by atoms with Crippen LogP contribution in [0, 0.1) is 0 Å². The molecule has 0 aliphatic heterocycles. The Bertz CT molecular complexity index is 1260. The number of methoxy groups -OCH3 is 1. The van der Waals surface area contributed by atoms with E-state index in [0.717, 1.165) is 17.0 Å². The second-order valence-corrected chi connectivity index (χ2v) is 9.38. The van der Waals surface area contributed by atoms with E-state index in [1.165, 1.54) is 17.3 Å². The Kier molecular flexibility index (Phi) is 7.27. The van der Waals surface area contributed by atoms with Crippen LogP contribution in [0.5, 0.6) is 5.75 Å². The number of amides is 1. The number of ether oxygens (including phenoxy) is 1. The number of hydrogen-bond acceptors (Lipinski definition) is 6. The average molecular weight is 474 g/mol. The summed E-state index contributed by atoms with van der Waals surface area (Å²) < 4.78 is 7.20. The first-order valence-corrected chi connectivity index (χ1v) is 11.9. The lowest BCUT2D eigenvalue weighted by Crippen LogP contribution is -2.23. The predicted octanol–water partition coefficient (Wildman–Crippen LogP) is 5.58. The normalized spacial score (nSPS) is 11.9. The maximum atomic E-state index is 12.9. The van der Waals surface area contributed by atoms with Crippen molar-refractivity contribution in [1.29, 1.82) is 0 Å². The van der Waals surface area contributed by atoms with E-state index in [2.05, 4.69) is 46.5 Å². The van der Waals surface area contributed by atoms with Gasteiger partial charge in [-0.3, -0.25) is 14.3 Å². The Morgan fingerprint density at radius 1 is 1.00 bits per heavy atom. The largest absolute Gasteiger partial charge is 0.497 e. The molecular weight excluding hydrogens is 446 g/mol. The number of hydrogen-bond donors (Lipinski definition) is 1. The van der Waals surface area contributed by atoms with E-state index < -0.39 is 5.25 Å². The monoisotopic (exact) mass is 473 g/mol. The van der Waals surface area contributed by atoms with E-state index >= 15 is 0 Å². The van der Waals surface area contributed by atoms with Gasteiger partial charge in [-0.15, -0.1) is 10.2 Å². The molecule has 0 fully saturated rings. The number of rotatable bonds is 8. The highest BCUT2D eigenvalue weighted by Gasteiger charge is 2.23. The minimum Gasteiger partial charge on any atom is -0.497 e. The number of nitrogens with one attached hydrogen (secondary N) is 1. The summed E-state index contributed by atoms with van der Waals surface area (Å²) in [6.07, 6.45) is 3.50. The summed E-state index contributed by atoms with van der Waals surface area (Å²) in [4.78, 5) is 17.2. The van der Waals surface area contributed by atoms with Crippen molar-refractivity contribution < 1.29 is 9.53 Å². The number of carbonyl (C=O) groups excluding carboxylic acids is 1. The quantitative estimate of drug-likeness (QED) is 0.336. The van der Waals surface area contributed by atoms with Gasteiger partial charge < -0.3 is 10.1 Å². The summed E-state index contributed by atoms with van der Waals surface area (Å²) in [7, 11) is 1.61. The number of carbonyl (C=O) groups is 1. The van der Waals surface area contributed by atoms with Crippen LogP contribution in [0.2, 0.25) is 0 Å². The van der Waals surface area contributed by atoms with Gasteiger partial charge in [0.2, 0.25) is 5.91 Å². The van der Waals surface area contributed by atoms with E-state index in [9.17, 15) is 4.79 Å². The van der Waals surface area contributed by atoms with E-state index in [0.29, 0.717) is 22.6 Å². The first kappa shape index (κ1) is 23.5. The molecule has 0 saturated carbocycles. The fraction of sp³-hybridized carbons (Fsp3) is 0.231. The molecule has 1 N–H and O–H groups in total. The fourth-order valence-electron chi connectivity index (χ4n) is 3.55. The third-order valence-electron chi connectivity index (χ3n) is 5.36. The molecule has 34 heavy (non-hydrogen) atoms. The third-order valence-corrected chi connectivity index (χ3v) is 6.40. The van der Waals surface area contributed by atoms with Crippen molar-refractivity contribution in [2.45, 2.75) is 37.1 Å². The van der Waals surface area contributed by atoms with Gasteiger partial charge in [0.15, 0.2) is 11.0 Å². The molecule has 0 spiro atoms. The smallest absolute Gasteiger partial charge is 0.237 e. The van der Waals surface area contributed by atoms with E-state index in [1.54, 1.807) is 19.5 Å². The van der Waals surface area contributed by atoms with Crippen LogP contribution >= 0.6 is 11.8 Å². The van der Waals surface area contributed by atoms with Gasteiger partial charge in [-0.25, -0.2) is 0 Å². The molecule has 4 aromatic rings. The van der Waals surface area contributed by atoms with Crippen LogP contribution in [0.3, 0.4) is 0 Å². The molecule has 2 heterocycles. The number of thioether (sulfide) groups is 1. The Morgan fingerprint density at radius 3 is 2.44 bits per heavy atom. The van der Waals surface area contributed by atoms with Crippen LogP contribution in [0.4, 0.5) is 5.69 Å². The summed E-state index contributed by atoms with van der Waals surface area (Å²) >= 11 is 1.37. The number of para-hydroxylation sites is 1. The highest BCUT2D eigenvalue weighted by Crippen LogP contribution is 2.33. The molecule has 0 aliphatic rings. The minimum atomic E-state index is -0.405. The van der Waals surface area contributed by atoms with Gasteiger partial charge in [0.25, 0.3) is 0 Å². The van der Waals surface area contributed by atoms with Crippen LogP contribution in [0.1, 0.15) is 32.3 Å². The van der Waals surface area contributed by atoms with Crippen LogP contribution in [-0.4, -0.2) is 38.0 Å². The number of nitrogens with zero attached hydrogens (tertiary/aromatic N) is 4. The van der Waals surface area contributed by atoms with Crippen molar-refractivity contribution in [2.24, 2.45) is 0 Å². The summed E-state index contributed by atoms with van der Waals surface area (Å²) in [5.74, 6) is 1.60. The Balaban J connectivity index is 1.67. The van der Waals surface area contributed by atoms with Crippen molar-refractivity contribution in [3.63, 3.8) is 0 Å². The van der Waals surface area contributed by atoms with Crippen molar-refractivity contribution in [3.8, 4) is 22.8 Å². The second kappa shape index (κ2) is 10.5. The predicted molar refractivity (Wildman–Crippen MR) is 136 cm³/mol. The van der Waals surface area contributed by atoms with Crippen LogP contribution in [0.15, 0.2) is 78.2 Å². The maximum Gasteiger partial charge on any atom is 0.237 e. The third kappa shape index (κ3) is 5.12. The Labute approximate surface area is 203 Å². The number of benzene rings is 2. The lowest BCUT2D eigenvalue weighted by Gasteiger charge is -2.18. The molecule has 174 valence electrons. The van der Waals surface area contributed by atoms with Gasteiger partial charge in [-0.2, -0.15) is 0 Å². The molecule has 0 saturated heterocycles. The minimum absolute atomic E-state index is 0.121. The topological polar surface area (TPSA) is 81.9 Å². The maximum absolute atomic E-state index is 12.9. The van der Waals surface area contributed by atoms with Crippen molar-refractivity contribution in [2.75, 3.05) is 12.4 Å². The van der Waals surface area contributed by atoms with Gasteiger partial charge >= 0.3 is 0 Å². The van der Waals surface area contributed by atoms with Gasteiger partial charge in [-0.1, -0.05) is 43.8 Å². The standard InChI is InChI=1S/C26H27N5O2S/c1-17(2)22-9-5-6-10-23(22)31-24(19-8-7-15-27-16-19)29-30-26(31)34-18(3)25(32)28-20-11-13-21(33-4)14-12-20/h5-18H,1-4H3,(H,28,32). The zero-order chi connectivity index (χ0) is 24.1. The lowest BCUT2D eigenvalue weighted by atomic mass is 10.0. The van der Waals surface area contributed by atoms with E-state index in [4.69, 9.17) is 4.74 Å². The number of pyridine rings is 1. The molecule has 1 unspecified atom stereocenters. The molecular formula is C26H27N5O2S. The van der Waals surface area contributed by atoms with Crippen LogP contribution in [-0.2, 0) is 4.79 Å². The van der Waals surface area contributed by atoms with Crippen molar-refractivity contribution in [1.82, 2.24) is 19.7 Å². The van der Waals surface area contributed by atoms with Gasteiger partial charge in [0.1, 0.15) is 5.75 Å². The molecule has 7 nitrogen and oxygen atoms in total. The summed E-state index contributed by atoms with van der Waals surface area (Å²) in [6, 6.07) is 19.3. The Hall–Kier alpha value is -3.65. The van der Waals surface area contributed by atoms with E-state index in [1.807, 2.05) is 60.0 Å². The zero-order valence-electron chi connectivity index (χ0n) is 19.6. The molecule has 1 amide bonds. The first-order valence-electron chi connectivity index (χ1n) is 11.0. The molecule has 2 aromatic heterocycles. The molecule has 1 atom stereocenters. The van der Waals surface area contributed by atoms with E-state index in [-0.39, 0.29) is 5.91 Å². The summed E-state index contributed by atoms with van der Waals surface area (Å²) in [5.41, 5.74) is 3.73. The second-order valence-electron chi connectivity index (χ2n) is 8.07. The zero-order valence-corrected chi connectivity index (χ0v) is 20.4. The summed E-state index contributed by atoms with van der Waals surface area (Å²) in [6.45, 7) is 6.18. The lowest BCUT2D eigenvalue weighted by molar-refractivity contribution is -0.115. The average Bonchev–Trinajstić information content (AvgIpc) is 3.28. The van der Waals surface area contributed by atoms with Gasteiger partial charge in [0.05, 0.1) is 18.0 Å². The van der Waals surface area contributed by atoms with Crippen molar-refractivity contribution in [3.05, 3.63) is 78.6 Å². The van der Waals surface area contributed by atoms with Crippen LogP contribution in [0.25, 0.3) is 17.1 Å². The van der Waals surface area contributed by atoms with Crippen molar-refractivity contribution >= 4 is 23.4 Å². The fourth-order valence-corrected chi connectivity index (χ4v) is 4.42. The van der Waals surface area contributed by atoms with Gasteiger partial charge in [0, 0.05) is 23.6 Å². The highest BCUT2D eigenvalue weighted by molar-refractivity contribution is 8.00. The number of aromatic nitrogens is 4. The molecule has 0 bridgehead atoms. The highest BCUT2D eigenvalue weighted by atomic mass is 32.2. The van der Waals surface area contributed by atoms with Gasteiger partial charge in [-0.05, 0) is 60.9 Å². The SMILES string of the molecule is COc1ccc(NC(=O)C(C)Sc2nnc(-c3cccnc3)n2-c2ccccc2C(C)C)cc1.